The molecule has 2 heterocycles. The first-order valence-electron chi connectivity index (χ1n) is 9.95. The fourth-order valence-electron chi connectivity index (χ4n) is 3.05. The minimum atomic E-state index is -5.30. The molecule has 0 saturated carbocycles. The molecule has 0 aliphatic rings. The highest BCUT2D eigenvalue weighted by atomic mass is 19.4. The number of ether oxygens (including phenoxy) is 2. The number of hydrogen-bond donors (Lipinski definition) is 0. The normalized spacial score (nSPS) is 11.3. The van der Waals surface area contributed by atoms with Gasteiger partial charge in [0.1, 0.15) is 17.2 Å². The number of alkyl halides is 3. The topological polar surface area (TPSA) is 78.4 Å². The second-order valence-corrected chi connectivity index (χ2v) is 6.78. The highest BCUT2D eigenvalue weighted by Crippen LogP contribution is 2.37. The van der Waals surface area contributed by atoms with Crippen molar-refractivity contribution in [3.8, 4) is 22.6 Å². The van der Waals surface area contributed by atoms with Gasteiger partial charge >= 0.3 is 18.1 Å². The van der Waals surface area contributed by atoms with Crippen molar-refractivity contribution in [2.75, 3.05) is 13.2 Å². The van der Waals surface area contributed by atoms with Gasteiger partial charge in [0.2, 0.25) is 0 Å². The first kappa shape index (κ1) is 24.7. The van der Waals surface area contributed by atoms with Gasteiger partial charge < -0.3 is 9.47 Å². The third-order valence-corrected chi connectivity index (χ3v) is 4.52. The number of esters is 2. The summed E-state index contributed by atoms with van der Waals surface area (Å²) >= 11 is 0. The Kier molecular flexibility index (Phi) is 7.23. The van der Waals surface area contributed by atoms with E-state index >= 15 is 0 Å². The lowest BCUT2D eigenvalue weighted by Crippen LogP contribution is -2.13. The molecule has 0 spiro atoms. The molecule has 2 aromatic heterocycles. The van der Waals surface area contributed by atoms with E-state index in [1.807, 2.05) is 0 Å². The van der Waals surface area contributed by atoms with Crippen LogP contribution in [0.5, 0.6) is 0 Å². The molecule has 0 atom stereocenters. The molecule has 3 aromatic rings. The Balaban J connectivity index is 2.23. The molecule has 3 rings (SSSR count). The summed E-state index contributed by atoms with van der Waals surface area (Å²) in [6.45, 7) is 3.26. The summed E-state index contributed by atoms with van der Waals surface area (Å²) in [5.41, 5.74) is -3.25. The number of aromatic nitrogens is 2. The van der Waals surface area contributed by atoms with Crippen molar-refractivity contribution in [1.82, 2.24) is 9.97 Å². The zero-order valence-corrected chi connectivity index (χ0v) is 17.9. The SMILES string of the molecule is CCOC(=O)c1ccnc(-c2cc(C(=O)OCC)cc(-c3ccc(F)c(C(F)(F)F)c3F)n2)c1. The summed E-state index contributed by atoms with van der Waals surface area (Å²) < 4.78 is 78.1. The van der Waals surface area contributed by atoms with Gasteiger partial charge in [0, 0.05) is 11.8 Å². The number of pyridine rings is 2. The molecule has 0 N–H and O–H groups in total. The van der Waals surface area contributed by atoms with Gasteiger partial charge in [0.25, 0.3) is 0 Å². The first-order chi connectivity index (χ1) is 16.1. The summed E-state index contributed by atoms with van der Waals surface area (Å²) in [6.07, 6.45) is -4.04. The van der Waals surface area contributed by atoms with Crippen molar-refractivity contribution < 1.29 is 41.0 Å². The van der Waals surface area contributed by atoms with Crippen molar-refractivity contribution in [1.29, 1.82) is 0 Å². The summed E-state index contributed by atoms with van der Waals surface area (Å²) in [5, 5.41) is 0. The maximum absolute atomic E-state index is 14.8. The molecule has 34 heavy (non-hydrogen) atoms. The Labute approximate surface area is 190 Å². The van der Waals surface area contributed by atoms with Crippen LogP contribution < -0.4 is 0 Å². The van der Waals surface area contributed by atoms with Crippen LogP contribution in [0.2, 0.25) is 0 Å². The molecule has 0 bridgehead atoms. The number of halogens is 5. The number of rotatable bonds is 6. The molecule has 0 amide bonds. The summed E-state index contributed by atoms with van der Waals surface area (Å²) in [4.78, 5) is 32.6. The van der Waals surface area contributed by atoms with Crippen LogP contribution in [-0.2, 0) is 15.7 Å². The average Bonchev–Trinajstić information content (AvgIpc) is 2.78. The molecule has 0 fully saturated rings. The van der Waals surface area contributed by atoms with Crippen LogP contribution in [-0.4, -0.2) is 35.1 Å². The molecule has 0 unspecified atom stereocenters. The molecular formula is C23H17F5N2O4. The fraction of sp³-hybridized carbons (Fsp3) is 0.217. The van der Waals surface area contributed by atoms with Crippen LogP contribution >= 0.6 is 0 Å². The van der Waals surface area contributed by atoms with Gasteiger partial charge in [-0.1, -0.05) is 0 Å². The minimum absolute atomic E-state index is 0.00839. The molecule has 11 heteroatoms. The summed E-state index contributed by atoms with van der Waals surface area (Å²) in [6, 6.07) is 6.15. The van der Waals surface area contributed by atoms with E-state index < -0.39 is 46.6 Å². The van der Waals surface area contributed by atoms with E-state index in [0.717, 1.165) is 12.1 Å². The Morgan fingerprint density at radius 2 is 1.44 bits per heavy atom. The zero-order valence-electron chi connectivity index (χ0n) is 17.9. The molecule has 178 valence electrons. The van der Waals surface area contributed by atoms with E-state index in [9.17, 15) is 31.5 Å². The van der Waals surface area contributed by atoms with Gasteiger partial charge in [-0.05, 0) is 50.2 Å². The first-order valence-corrected chi connectivity index (χ1v) is 9.95. The molecule has 1 aromatic carbocycles. The monoisotopic (exact) mass is 480 g/mol. The van der Waals surface area contributed by atoms with E-state index in [1.165, 1.54) is 24.4 Å². The van der Waals surface area contributed by atoms with Crippen molar-refractivity contribution >= 4 is 11.9 Å². The van der Waals surface area contributed by atoms with E-state index in [-0.39, 0.29) is 35.7 Å². The van der Waals surface area contributed by atoms with Gasteiger partial charge in [0.15, 0.2) is 0 Å². The maximum atomic E-state index is 14.8. The standard InChI is InChI=1S/C23H17F5N2O4/c1-3-33-21(31)12-7-8-29-17(9-12)18-11-13(22(32)34-4-2)10-16(30-18)14-5-6-15(24)19(20(14)25)23(26,27)28/h5-11H,3-4H2,1-2H3. The largest absolute Gasteiger partial charge is 0.462 e. The van der Waals surface area contributed by atoms with Crippen molar-refractivity contribution in [3.05, 3.63) is 70.9 Å². The number of benzene rings is 1. The summed E-state index contributed by atoms with van der Waals surface area (Å²) in [5.74, 6) is -5.20. The van der Waals surface area contributed by atoms with Crippen molar-refractivity contribution in [2.24, 2.45) is 0 Å². The van der Waals surface area contributed by atoms with Crippen LogP contribution in [0.4, 0.5) is 22.0 Å². The van der Waals surface area contributed by atoms with Crippen LogP contribution in [0.1, 0.15) is 40.1 Å². The molecule has 0 saturated heterocycles. The molecule has 0 radical (unpaired) electrons. The Morgan fingerprint density at radius 3 is 2.06 bits per heavy atom. The van der Waals surface area contributed by atoms with Crippen LogP contribution in [0.15, 0.2) is 42.6 Å². The Bertz CT molecular complexity index is 1240. The Morgan fingerprint density at radius 1 is 0.853 bits per heavy atom. The fourth-order valence-corrected chi connectivity index (χ4v) is 3.05. The van der Waals surface area contributed by atoms with Gasteiger partial charge in [-0.15, -0.1) is 0 Å². The van der Waals surface area contributed by atoms with Crippen LogP contribution in [0, 0.1) is 11.6 Å². The van der Waals surface area contributed by atoms with E-state index in [2.05, 4.69) is 9.97 Å². The smallest absolute Gasteiger partial charge is 0.422 e. The van der Waals surface area contributed by atoms with Crippen LogP contribution in [0.3, 0.4) is 0 Å². The number of carbonyl (C=O) groups excluding carboxylic acids is 2. The number of hydrogen-bond acceptors (Lipinski definition) is 6. The van der Waals surface area contributed by atoms with Gasteiger partial charge in [0.05, 0.1) is 41.4 Å². The van der Waals surface area contributed by atoms with Crippen molar-refractivity contribution in [2.45, 2.75) is 20.0 Å². The average molecular weight is 480 g/mol. The van der Waals surface area contributed by atoms with Crippen molar-refractivity contribution in [3.63, 3.8) is 0 Å². The highest BCUT2D eigenvalue weighted by Gasteiger charge is 2.39. The van der Waals surface area contributed by atoms with Crippen LogP contribution in [0.25, 0.3) is 22.6 Å². The molecule has 6 nitrogen and oxygen atoms in total. The maximum Gasteiger partial charge on any atom is 0.422 e. The third kappa shape index (κ3) is 5.19. The van der Waals surface area contributed by atoms with Gasteiger partial charge in [-0.25, -0.2) is 23.4 Å². The lowest BCUT2D eigenvalue weighted by Gasteiger charge is -2.14. The number of nitrogens with zero attached hydrogens (tertiary/aromatic N) is 2. The highest BCUT2D eigenvalue weighted by molar-refractivity contribution is 5.93. The molecule has 0 aliphatic heterocycles. The minimum Gasteiger partial charge on any atom is -0.462 e. The quantitative estimate of drug-likeness (QED) is 0.344. The molecular weight excluding hydrogens is 463 g/mol. The lowest BCUT2D eigenvalue weighted by atomic mass is 10.0. The Hall–Kier alpha value is -3.89. The third-order valence-electron chi connectivity index (χ3n) is 4.52. The summed E-state index contributed by atoms with van der Waals surface area (Å²) in [7, 11) is 0. The van der Waals surface area contributed by atoms with Gasteiger partial charge in [-0.3, -0.25) is 4.98 Å². The zero-order chi connectivity index (χ0) is 25.0. The second kappa shape index (κ2) is 9.94. The van der Waals surface area contributed by atoms with E-state index in [1.54, 1.807) is 13.8 Å². The second-order valence-electron chi connectivity index (χ2n) is 6.78. The predicted molar refractivity (Wildman–Crippen MR) is 110 cm³/mol. The lowest BCUT2D eigenvalue weighted by molar-refractivity contribution is -0.142. The number of carbonyl (C=O) groups is 2. The predicted octanol–water partition coefficient (Wildman–Crippen LogP) is 5.46. The van der Waals surface area contributed by atoms with E-state index in [4.69, 9.17) is 9.47 Å². The molecule has 0 aliphatic carbocycles. The van der Waals surface area contributed by atoms with Gasteiger partial charge in [-0.2, -0.15) is 13.2 Å². The van der Waals surface area contributed by atoms with E-state index in [0.29, 0.717) is 6.07 Å².